The van der Waals surface area contributed by atoms with Crippen molar-refractivity contribution in [2.75, 3.05) is 26.0 Å². The number of ether oxygens (including phenoxy) is 1. The van der Waals surface area contributed by atoms with Crippen molar-refractivity contribution < 1.29 is 14.3 Å². The van der Waals surface area contributed by atoms with Gasteiger partial charge in [0.25, 0.3) is 11.8 Å². The summed E-state index contributed by atoms with van der Waals surface area (Å²) in [5.41, 5.74) is 2.25. The second-order valence-corrected chi connectivity index (χ2v) is 6.82. The molecule has 0 aliphatic heterocycles. The van der Waals surface area contributed by atoms with Crippen LogP contribution in [0.15, 0.2) is 36.4 Å². The van der Waals surface area contributed by atoms with E-state index in [4.69, 9.17) is 16.3 Å². The predicted molar refractivity (Wildman–Crippen MR) is 109 cm³/mol. The molecule has 0 saturated heterocycles. The Morgan fingerprint density at radius 2 is 1.89 bits per heavy atom. The van der Waals surface area contributed by atoms with Crippen molar-refractivity contribution in [1.82, 2.24) is 4.90 Å². The smallest absolute Gasteiger partial charge is 0.255 e. The van der Waals surface area contributed by atoms with Crippen molar-refractivity contribution >= 4 is 29.1 Å². The fourth-order valence-corrected chi connectivity index (χ4v) is 2.79. The number of aryl methyl sites for hydroxylation is 1. The van der Waals surface area contributed by atoms with Crippen LogP contribution in [0, 0.1) is 6.92 Å². The molecule has 27 heavy (non-hydrogen) atoms. The predicted octanol–water partition coefficient (Wildman–Crippen LogP) is 4.78. The van der Waals surface area contributed by atoms with Crippen molar-refractivity contribution in [3.05, 3.63) is 58.1 Å². The van der Waals surface area contributed by atoms with Gasteiger partial charge in [-0.3, -0.25) is 9.59 Å². The van der Waals surface area contributed by atoms with Crippen LogP contribution in [0.25, 0.3) is 0 Å². The first kappa shape index (κ1) is 20.8. The van der Waals surface area contributed by atoms with Gasteiger partial charge >= 0.3 is 0 Å². The van der Waals surface area contributed by atoms with Gasteiger partial charge in [-0.2, -0.15) is 0 Å². The van der Waals surface area contributed by atoms with Crippen molar-refractivity contribution in [3.63, 3.8) is 0 Å². The third-order valence-electron chi connectivity index (χ3n) is 4.29. The maximum atomic E-state index is 12.7. The van der Waals surface area contributed by atoms with Crippen molar-refractivity contribution in [1.29, 1.82) is 0 Å². The van der Waals surface area contributed by atoms with Gasteiger partial charge in [-0.05, 0) is 43.2 Å². The number of rotatable bonds is 7. The van der Waals surface area contributed by atoms with Gasteiger partial charge in [0.15, 0.2) is 0 Å². The molecule has 0 aromatic heterocycles. The van der Waals surface area contributed by atoms with E-state index < -0.39 is 0 Å². The number of unbranched alkanes of at least 4 members (excludes halogenated alkanes) is 1. The van der Waals surface area contributed by atoms with Gasteiger partial charge in [0, 0.05) is 35.8 Å². The summed E-state index contributed by atoms with van der Waals surface area (Å²) in [6, 6.07) is 10.1. The first-order chi connectivity index (χ1) is 12.9. The summed E-state index contributed by atoms with van der Waals surface area (Å²) in [6.45, 7) is 4.62. The van der Waals surface area contributed by atoms with E-state index in [9.17, 15) is 9.59 Å². The molecule has 0 aliphatic rings. The molecule has 0 radical (unpaired) electrons. The van der Waals surface area contributed by atoms with Gasteiger partial charge < -0.3 is 15.0 Å². The van der Waals surface area contributed by atoms with Gasteiger partial charge in [0.1, 0.15) is 5.75 Å². The van der Waals surface area contributed by atoms with E-state index >= 15 is 0 Å². The molecule has 0 bridgehead atoms. The molecule has 5 nitrogen and oxygen atoms in total. The molecule has 2 aromatic rings. The zero-order valence-corrected chi connectivity index (χ0v) is 16.9. The topological polar surface area (TPSA) is 58.6 Å². The quantitative estimate of drug-likeness (QED) is 0.742. The second kappa shape index (κ2) is 9.42. The van der Waals surface area contributed by atoms with E-state index in [1.165, 1.54) is 7.11 Å². The minimum absolute atomic E-state index is 0.0991. The van der Waals surface area contributed by atoms with Crippen LogP contribution in [0.3, 0.4) is 0 Å². The normalized spacial score (nSPS) is 10.4. The molecule has 0 fully saturated rings. The third kappa shape index (κ3) is 5.23. The number of amides is 2. The van der Waals surface area contributed by atoms with Crippen LogP contribution in [-0.4, -0.2) is 37.4 Å². The van der Waals surface area contributed by atoms with Crippen molar-refractivity contribution in [3.8, 4) is 5.75 Å². The SMILES string of the molecule is CCCCN(C)C(=O)c1cccc(C(=O)Nc2cc(C)c(Cl)cc2OC)c1. The lowest BCUT2D eigenvalue weighted by atomic mass is 10.1. The molecule has 6 heteroatoms. The number of carbonyl (C=O) groups is 2. The standard InChI is InChI=1S/C21H25ClN2O3/c1-5-6-10-24(3)21(26)16-9-7-8-15(12-16)20(25)23-18-11-14(2)17(22)13-19(18)27-4/h7-9,11-13H,5-6,10H2,1-4H3,(H,23,25). The fourth-order valence-electron chi connectivity index (χ4n) is 2.63. The summed E-state index contributed by atoms with van der Waals surface area (Å²) in [5, 5.41) is 3.39. The fraction of sp³-hybridized carbons (Fsp3) is 0.333. The molecule has 0 heterocycles. The molecule has 2 rings (SSSR count). The summed E-state index contributed by atoms with van der Waals surface area (Å²) in [6.07, 6.45) is 1.96. The summed E-state index contributed by atoms with van der Waals surface area (Å²) < 4.78 is 5.29. The average Bonchev–Trinajstić information content (AvgIpc) is 2.68. The Hall–Kier alpha value is -2.53. The number of nitrogens with zero attached hydrogens (tertiary/aromatic N) is 1. The molecule has 0 aliphatic carbocycles. The third-order valence-corrected chi connectivity index (χ3v) is 4.70. The van der Waals surface area contributed by atoms with Crippen LogP contribution >= 0.6 is 11.6 Å². The number of halogens is 1. The molecule has 2 aromatic carbocycles. The van der Waals surface area contributed by atoms with E-state index in [2.05, 4.69) is 12.2 Å². The Morgan fingerprint density at radius 3 is 2.56 bits per heavy atom. The highest BCUT2D eigenvalue weighted by Gasteiger charge is 2.16. The van der Waals surface area contributed by atoms with Crippen LogP contribution < -0.4 is 10.1 Å². The number of anilines is 1. The number of benzene rings is 2. The van der Waals surface area contributed by atoms with Crippen molar-refractivity contribution in [2.24, 2.45) is 0 Å². The highest BCUT2D eigenvalue weighted by molar-refractivity contribution is 6.31. The second-order valence-electron chi connectivity index (χ2n) is 6.42. The molecular weight excluding hydrogens is 364 g/mol. The molecule has 0 unspecified atom stereocenters. The maximum absolute atomic E-state index is 12.7. The number of hydrogen-bond donors (Lipinski definition) is 1. The number of hydrogen-bond acceptors (Lipinski definition) is 3. The van der Waals surface area contributed by atoms with Crippen molar-refractivity contribution in [2.45, 2.75) is 26.7 Å². The minimum Gasteiger partial charge on any atom is -0.495 e. The highest BCUT2D eigenvalue weighted by Crippen LogP contribution is 2.31. The lowest BCUT2D eigenvalue weighted by Gasteiger charge is -2.17. The largest absolute Gasteiger partial charge is 0.495 e. The van der Waals surface area contributed by atoms with Gasteiger partial charge in [0.05, 0.1) is 12.8 Å². The van der Waals surface area contributed by atoms with Crippen LogP contribution in [0.1, 0.15) is 46.0 Å². The first-order valence-corrected chi connectivity index (χ1v) is 9.26. The summed E-state index contributed by atoms with van der Waals surface area (Å²) in [7, 11) is 3.29. The molecule has 1 N–H and O–H groups in total. The maximum Gasteiger partial charge on any atom is 0.255 e. The van der Waals surface area contributed by atoms with E-state index in [0.29, 0.717) is 34.1 Å². The van der Waals surface area contributed by atoms with Crippen LogP contribution in [0.2, 0.25) is 5.02 Å². The molecule has 0 spiro atoms. The molecule has 2 amide bonds. The zero-order chi connectivity index (χ0) is 20.0. The Labute approximate surface area is 165 Å². The summed E-state index contributed by atoms with van der Waals surface area (Å²) in [4.78, 5) is 26.9. The summed E-state index contributed by atoms with van der Waals surface area (Å²) in [5.74, 6) is 0.0596. The van der Waals surface area contributed by atoms with E-state index in [-0.39, 0.29) is 11.8 Å². The number of carbonyl (C=O) groups excluding carboxylic acids is 2. The van der Waals surface area contributed by atoms with Gasteiger partial charge in [0.2, 0.25) is 0 Å². The Balaban J connectivity index is 2.21. The molecule has 0 saturated carbocycles. The molecule has 144 valence electrons. The highest BCUT2D eigenvalue weighted by atomic mass is 35.5. The van der Waals surface area contributed by atoms with E-state index in [1.807, 2.05) is 6.92 Å². The van der Waals surface area contributed by atoms with Crippen LogP contribution in [0.5, 0.6) is 5.75 Å². The molecule has 0 atom stereocenters. The Morgan fingerprint density at radius 1 is 1.19 bits per heavy atom. The van der Waals surface area contributed by atoms with Gasteiger partial charge in [-0.15, -0.1) is 0 Å². The lowest BCUT2D eigenvalue weighted by Crippen LogP contribution is -2.28. The van der Waals surface area contributed by atoms with E-state index in [1.54, 1.807) is 48.3 Å². The Bertz CT molecular complexity index is 836. The van der Waals surface area contributed by atoms with E-state index in [0.717, 1.165) is 18.4 Å². The average molecular weight is 389 g/mol. The van der Waals surface area contributed by atoms with Crippen LogP contribution in [0.4, 0.5) is 5.69 Å². The number of nitrogens with one attached hydrogen (secondary N) is 1. The number of methoxy groups -OCH3 is 1. The first-order valence-electron chi connectivity index (χ1n) is 8.88. The minimum atomic E-state index is -0.319. The zero-order valence-electron chi connectivity index (χ0n) is 16.1. The van der Waals surface area contributed by atoms with Gasteiger partial charge in [-0.25, -0.2) is 0 Å². The monoisotopic (exact) mass is 388 g/mol. The Kier molecular flexibility index (Phi) is 7.25. The van der Waals surface area contributed by atoms with Crippen LogP contribution in [-0.2, 0) is 0 Å². The summed E-state index contributed by atoms with van der Waals surface area (Å²) >= 11 is 6.10. The van der Waals surface area contributed by atoms with Gasteiger partial charge in [-0.1, -0.05) is 31.0 Å². The lowest BCUT2D eigenvalue weighted by molar-refractivity contribution is 0.0793. The molecular formula is C21H25ClN2O3.